The van der Waals surface area contributed by atoms with Crippen LogP contribution in [0.3, 0.4) is 0 Å². The summed E-state index contributed by atoms with van der Waals surface area (Å²) in [4.78, 5) is 26.6. The molecule has 1 aromatic rings. The zero-order valence-electron chi connectivity index (χ0n) is 15.8. The van der Waals surface area contributed by atoms with Crippen molar-refractivity contribution < 1.29 is 19.1 Å². The van der Waals surface area contributed by atoms with Crippen molar-refractivity contribution in [1.82, 2.24) is 15.5 Å². The van der Waals surface area contributed by atoms with Crippen molar-refractivity contribution in [3.63, 3.8) is 0 Å². The Hall–Kier alpha value is -1.67. The lowest BCUT2D eigenvalue weighted by atomic mass is 10.1. The molecule has 2 saturated heterocycles. The highest BCUT2D eigenvalue weighted by atomic mass is 35.5. The summed E-state index contributed by atoms with van der Waals surface area (Å²) in [5.41, 5.74) is 1.60. The molecule has 2 aliphatic rings. The van der Waals surface area contributed by atoms with E-state index in [1.807, 2.05) is 43.0 Å². The average Bonchev–Trinajstić information content (AvgIpc) is 2.66. The molecule has 0 aromatic heterocycles. The summed E-state index contributed by atoms with van der Waals surface area (Å²) in [5.74, 6) is -0.0992. The molecule has 2 heterocycles. The number of carbonyl (C=O) groups is 2. The molecule has 2 aliphatic heterocycles. The zero-order valence-corrected chi connectivity index (χ0v) is 16.6. The van der Waals surface area contributed by atoms with Gasteiger partial charge in [-0.2, -0.15) is 0 Å². The van der Waals surface area contributed by atoms with Crippen molar-refractivity contribution in [2.24, 2.45) is 0 Å². The van der Waals surface area contributed by atoms with Crippen molar-refractivity contribution >= 4 is 24.2 Å². The first-order chi connectivity index (χ1) is 12.5. The number of amides is 2. The Labute approximate surface area is 166 Å². The van der Waals surface area contributed by atoms with Gasteiger partial charge in [0.2, 0.25) is 0 Å². The Morgan fingerprint density at radius 2 is 1.85 bits per heavy atom. The zero-order chi connectivity index (χ0) is 18.5. The van der Waals surface area contributed by atoms with Gasteiger partial charge in [0.25, 0.3) is 11.8 Å². The van der Waals surface area contributed by atoms with E-state index in [1.165, 1.54) is 0 Å². The maximum Gasteiger partial charge on any atom is 0.254 e. The highest BCUT2D eigenvalue weighted by Gasteiger charge is 2.26. The monoisotopic (exact) mass is 397 g/mol. The number of carbonyl (C=O) groups excluding carboxylic acids is 2. The number of hydrogen-bond donors (Lipinski definition) is 2. The van der Waals surface area contributed by atoms with Gasteiger partial charge < -0.3 is 25.0 Å². The van der Waals surface area contributed by atoms with E-state index in [4.69, 9.17) is 9.47 Å². The van der Waals surface area contributed by atoms with Crippen molar-refractivity contribution in [1.29, 1.82) is 0 Å². The minimum absolute atomic E-state index is 0. The molecule has 0 aliphatic carbocycles. The van der Waals surface area contributed by atoms with Crippen LogP contribution in [-0.4, -0.2) is 67.8 Å². The van der Waals surface area contributed by atoms with E-state index in [-0.39, 0.29) is 36.4 Å². The third kappa shape index (κ3) is 5.90. The van der Waals surface area contributed by atoms with Crippen molar-refractivity contribution in [2.45, 2.75) is 38.7 Å². The van der Waals surface area contributed by atoms with Crippen LogP contribution in [0.25, 0.3) is 0 Å². The lowest BCUT2D eigenvalue weighted by Crippen LogP contribution is -2.48. The molecule has 7 nitrogen and oxygen atoms in total. The van der Waals surface area contributed by atoms with Crippen molar-refractivity contribution in [3.8, 4) is 0 Å². The molecule has 27 heavy (non-hydrogen) atoms. The second kappa shape index (κ2) is 10.0. The van der Waals surface area contributed by atoms with E-state index in [9.17, 15) is 9.59 Å². The lowest BCUT2D eigenvalue weighted by Gasteiger charge is -2.35. The third-order valence-electron chi connectivity index (χ3n) is 4.59. The van der Waals surface area contributed by atoms with Gasteiger partial charge in [-0.05, 0) is 31.5 Å². The smallest absolute Gasteiger partial charge is 0.254 e. The summed E-state index contributed by atoms with van der Waals surface area (Å²) in [5, 5.41) is 6.01. The number of hydrogen-bond acceptors (Lipinski definition) is 5. The maximum absolute atomic E-state index is 12.7. The van der Waals surface area contributed by atoms with Crippen LogP contribution in [0.2, 0.25) is 0 Å². The Morgan fingerprint density at radius 3 is 2.44 bits per heavy atom. The van der Waals surface area contributed by atoms with E-state index >= 15 is 0 Å². The van der Waals surface area contributed by atoms with E-state index in [0.29, 0.717) is 38.3 Å². The van der Waals surface area contributed by atoms with Crippen LogP contribution in [0.15, 0.2) is 24.3 Å². The molecule has 150 valence electrons. The van der Waals surface area contributed by atoms with Gasteiger partial charge in [0.15, 0.2) is 0 Å². The van der Waals surface area contributed by atoms with E-state index in [2.05, 4.69) is 10.6 Å². The van der Waals surface area contributed by atoms with Crippen LogP contribution in [0.5, 0.6) is 0 Å². The highest BCUT2D eigenvalue weighted by Crippen LogP contribution is 2.15. The molecule has 8 heteroatoms. The largest absolute Gasteiger partial charge is 0.372 e. The topological polar surface area (TPSA) is 79.9 Å². The quantitative estimate of drug-likeness (QED) is 0.791. The highest BCUT2D eigenvalue weighted by molar-refractivity contribution is 5.94. The number of rotatable bonds is 4. The van der Waals surface area contributed by atoms with Crippen LogP contribution >= 0.6 is 12.4 Å². The summed E-state index contributed by atoms with van der Waals surface area (Å²) >= 11 is 0. The molecule has 2 amide bonds. The van der Waals surface area contributed by atoms with Crippen molar-refractivity contribution in [2.75, 3.05) is 32.8 Å². The normalized spacial score (nSPS) is 25.4. The van der Waals surface area contributed by atoms with Crippen LogP contribution < -0.4 is 10.6 Å². The molecule has 0 bridgehead atoms. The molecule has 0 saturated carbocycles. The van der Waals surface area contributed by atoms with Gasteiger partial charge in [0, 0.05) is 38.3 Å². The fraction of sp³-hybridized carbons (Fsp3) is 0.579. The maximum atomic E-state index is 12.7. The Morgan fingerprint density at radius 1 is 1.19 bits per heavy atom. The van der Waals surface area contributed by atoms with Gasteiger partial charge in [-0.25, -0.2) is 0 Å². The molecule has 2 N–H and O–H groups in total. The van der Waals surface area contributed by atoms with E-state index in [1.54, 1.807) is 0 Å². The molecular weight excluding hydrogens is 370 g/mol. The minimum atomic E-state index is -0.435. The molecule has 0 spiro atoms. The van der Waals surface area contributed by atoms with Gasteiger partial charge in [-0.15, -0.1) is 12.4 Å². The first kappa shape index (κ1) is 21.6. The fourth-order valence-electron chi connectivity index (χ4n) is 3.33. The number of morpholine rings is 2. The summed E-state index contributed by atoms with van der Waals surface area (Å²) in [6.45, 7) is 7.45. The van der Waals surface area contributed by atoms with Crippen LogP contribution in [0.4, 0.5) is 0 Å². The second-order valence-electron chi connectivity index (χ2n) is 6.95. The first-order valence-corrected chi connectivity index (χ1v) is 9.16. The molecule has 1 aromatic carbocycles. The molecule has 2 fully saturated rings. The first-order valence-electron chi connectivity index (χ1n) is 9.16. The van der Waals surface area contributed by atoms with Gasteiger partial charge in [0.1, 0.15) is 6.10 Å². The number of halogens is 1. The molecule has 3 rings (SSSR count). The summed E-state index contributed by atoms with van der Waals surface area (Å²) in [6.07, 6.45) is -0.336. The third-order valence-corrected chi connectivity index (χ3v) is 4.59. The lowest BCUT2D eigenvalue weighted by molar-refractivity contribution is -0.134. The van der Waals surface area contributed by atoms with Crippen LogP contribution in [0, 0.1) is 0 Å². The van der Waals surface area contributed by atoms with E-state index < -0.39 is 6.10 Å². The number of ether oxygens (including phenoxy) is 2. The Kier molecular flexibility index (Phi) is 8.04. The van der Waals surface area contributed by atoms with Crippen LogP contribution in [0.1, 0.15) is 29.8 Å². The van der Waals surface area contributed by atoms with Gasteiger partial charge in [0.05, 0.1) is 18.8 Å². The Balaban J connectivity index is 0.00000261. The average molecular weight is 398 g/mol. The molecule has 0 radical (unpaired) electrons. The number of nitrogens with zero attached hydrogens (tertiary/aromatic N) is 1. The van der Waals surface area contributed by atoms with Crippen molar-refractivity contribution in [3.05, 3.63) is 35.4 Å². The fourth-order valence-corrected chi connectivity index (χ4v) is 3.33. The molecule has 3 unspecified atom stereocenters. The number of nitrogens with one attached hydrogen (secondary N) is 2. The van der Waals surface area contributed by atoms with Crippen LogP contribution in [-0.2, 0) is 20.8 Å². The summed E-state index contributed by atoms with van der Waals surface area (Å²) < 4.78 is 11.1. The molecular formula is C19H28ClN3O4. The predicted octanol–water partition coefficient (Wildman–Crippen LogP) is 0.962. The second-order valence-corrected chi connectivity index (χ2v) is 6.95. The SMILES string of the molecule is CC1CN(C(=O)c2ccc(CNC(=O)C3CNCCO3)cc2)CC(C)O1.Cl. The summed E-state index contributed by atoms with van der Waals surface area (Å²) in [6, 6.07) is 7.38. The predicted molar refractivity (Wildman–Crippen MR) is 104 cm³/mol. The molecule has 3 atom stereocenters. The van der Waals surface area contributed by atoms with Gasteiger partial charge >= 0.3 is 0 Å². The van der Waals surface area contributed by atoms with E-state index in [0.717, 1.165) is 12.1 Å². The summed E-state index contributed by atoms with van der Waals surface area (Å²) in [7, 11) is 0. The minimum Gasteiger partial charge on any atom is -0.372 e. The van der Waals surface area contributed by atoms with Gasteiger partial charge in [-0.1, -0.05) is 12.1 Å². The Bertz CT molecular complexity index is 624. The standard InChI is InChI=1S/C19H27N3O4.ClH/c1-13-11-22(12-14(2)26-13)19(24)16-5-3-15(4-6-16)9-21-18(23)17-10-20-7-8-25-17;/h3-6,13-14,17,20H,7-12H2,1-2H3,(H,21,23);1H. The number of benzene rings is 1. The van der Waals surface area contributed by atoms with Gasteiger partial charge in [-0.3, -0.25) is 9.59 Å².